The molecule has 0 radical (unpaired) electrons. The summed E-state index contributed by atoms with van der Waals surface area (Å²) < 4.78 is 5.92. The van der Waals surface area contributed by atoms with Crippen molar-refractivity contribution in [3.63, 3.8) is 0 Å². The second-order valence-corrected chi connectivity index (χ2v) is 8.34. The van der Waals surface area contributed by atoms with Crippen LogP contribution in [0, 0.1) is 12.8 Å². The first-order valence-corrected chi connectivity index (χ1v) is 11.0. The minimum Gasteiger partial charge on any atom is -0.490 e. The molecule has 2 amide bonds. The summed E-state index contributed by atoms with van der Waals surface area (Å²) in [7, 11) is 0. The van der Waals surface area contributed by atoms with E-state index >= 15 is 0 Å². The van der Waals surface area contributed by atoms with Crippen molar-refractivity contribution in [2.75, 3.05) is 13.1 Å². The summed E-state index contributed by atoms with van der Waals surface area (Å²) in [6.07, 6.45) is 2.65. The molecule has 1 saturated carbocycles. The number of aliphatic carboxylic acids is 1. The number of amides is 2. The Morgan fingerprint density at radius 3 is 2.06 bits per heavy atom. The molecule has 0 aromatic heterocycles. The fourth-order valence-electron chi connectivity index (χ4n) is 3.60. The second kappa shape index (κ2) is 11.0. The molecule has 0 aliphatic heterocycles. The van der Waals surface area contributed by atoms with Gasteiger partial charge in [0.25, 0.3) is 11.8 Å². The van der Waals surface area contributed by atoms with Crippen LogP contribution in [0.1, 0.15) is 52.0 Å². The van der Waals surface area contributed by atoms with Crippen LogP contribution in [0.3, 0.4) is 0 Å². The fraction of sp³-hybridized carbons (Fsp3) is 0.375. The monoisotopic (exact) mass is 458 g/mol. The Kier molecular flexibility index (Phi) is 8.11. The first-order chi connectivity index (χ1) is 15.3. The Hall–Kier alpha value is -3.06. The van der Waals surface area contributed by atoms with E-state index in [1.54, 1.807) is 42.5 Å². The van der Waals surface area contributed by atoms with Crippen molar-refractivity contribution >= 4 is 29.4 Å². The minimum atomic E-state index is -0.738. The summed E-state index contributed by atoms with van der Waals surface area (Å²) in [5.74, 6) is -0.853. The minimum absolute atomic E-state index is 0.00250. The number of ether oxygens (including phenoxy) is 1. The van der Waals surface area contributed by atoms with Gasteiger partial charge < -0.3 is 20.5 Å². The molecule has 0 bridgehead atoms. The first kappa shape index (κ1) is 23.6. The average molecular weight is 459 g/mol. The highest BCUT2D eigenvalue weighted by Gasteiger charge is 2.26. The number of aryl methyl sites for hydroxylation is 1. The van der Waals surface area contributed by atoms with E-state index in [-0.39, 0.29) is 36.9 Å². The third-order valence-electron chi connectivity index (χ3n) is 5.57. The van der Waals surface area contributed by atoms with Crippen LogP contribution in [0.2, 0.25) is 5.02 Å². The van der Waals surface area contributed by atoms with Gasteiger partial charge in [-0.05, 0) is 74.6 Å². The van der Waals surface area contributed by atoms with Crippen molar-refractivity contribution in [1.82, 2.24) is 10.6 Å². The van der Waals surface area contributed by atoms with Crippen LogP contribution in [0.5, 0.6) is 5.75 Å². The Balaban J connectivity index is 1.39. The zero-order chi connectivity index (χ0) is 23.1. The van der Waals surface area contributed by atoms with Crippen LogP contribution in [-0.4, -0.2) is 42.1 Å². The van der Waals surface area contributed by atoms with Crippen LogP contribution >= 0.6 is 11.6 Å². The number of carboxylic acids is 1. The maximum absolute atomic E-state index is 12.3. The Labute approximate surface area is 192 Å². The molecule has 0 spiro atoms. The molecule has 3 rings (SSSR count). The summed E-state index contributed by atoms with van der Waals surface area (Å²) in [4.78, 5) is 35.5. The van der Waals surface area contributed by atoms with Crippen molar-refractivity contribution in [2.24, 2.45) is 5.92 Å². The highest BCUT2D eigenvalue weighted by atomic mass is 35.5. The molecule has 0 heterocycles. The van der Waals surface area contributed by atoms with Crippen LogP contribution in [0.25, 0.3) is 0 Å². The predicted octanol–water partition coefficient (Wildman–Crippen LogP) is 3.83. The molecule has 3 N–H and O–H groups in total. The number of benzene rings is 2. The quantitative estimate of drug-likeness (QED) is 0.521. The zero-order valence-electron chi connectivity index (χ0n) is 17.9. The van der Waals surface area contributed by atoms with E-state index in [1.165, 1.54) is 0 Å². The van der Waals surface area contributed by atoms with Gasteiger partial charge in [-0.1, -0.05) is 17.7 Å². The topological polar surface area (TPSA) is 105 Å². The maximum atomic E-state index is 12.3. The molecular formula is C24H27ClN2O5. The van der Waals surface area contributed by atoms with Crippen molar-refractivity contribution in [3.05, 3.63) is 64.2 Å². The molecule has 1 aliphatic carbocycles. The average Bonchev–Trinajstić information content (AvgIpc) is 2.79. The summed E-state index contributed by atoms with van der Waals surface area (Å²) >= 11 is 6.04. The molecule has 0 unspecified atom stereocenters. The molecule has 0 saturated heterocycles. The number of carbonyl (C=O) groups excluding carboxylic acids is 2. The van der Waals surface area contributed by atoms with Gasteiger partial charge in [0.15, 0.2) is 0 Å². The van der Waals surface area contributed by atoms with Gasteiger partial charge in [0.1, 0.15) is 5.75 Å². The van der Waals surface area contributed by atoms with E-state index in [0.29, 0.717) is 47.6 Å². The lowest BCUT2D eigenvalue weighted by Crippen LogP contribution is -2.34. The van der Waals surface area contributed by atoms with Gasteiger partial charge in [-0.15, -0.1) is 0 Å². The lowest BCUT2D eigenvalue weighted by molar-refractivity contribution is -0.143. The SMILES string of the molecule is Cc1ccc(C(=O)NCCNC(=O)c2ccc(O[C@H]3CC[C@@H](C(=O)O)CC3)cc2)cc1Cl. The number of carboxylic acid groups (broad SMARTS) is 1. The molecule has 32 heavy (non-hydrogen) atoms. The number of hydrogen-bond acceptors (Lipinski definition) is 4. The van der Waals surface area contributed by atoms with Gasteiger partial charge in [-0.3, -0.25) is 14.4 Å². The summed E-state index contributed by atoms with van der Waals surface area (Å²) in [5.41, 5.74) is 1.86. The number of rotatable bonds is 8. The number of halogens is 1. The van der Waals surface area contributed by atoms with Crippen molar-refractivity contribution in [1.29, 1.82) is 0 Å². The van der Waals surface area contributed by atoms with Gasteiger partial charge in [0, 0.05) is 29.2 Å². The standard InChI is InChI=1S/C24H27ClN2O5/c1-15-2-3-18(14-21(15)25)23(29)27-13-12-26-22(28)16-4-8-19(9-5-16)32-20-10-6-17(7-11-20)24(30)31/h2-5,8-9,14,17,20H,6-7,10-13H2,1H3,(H,26,28)(H,27,29)(H,30,31)/t17-,20+. The smallest absolute Gasteiger partial charge is 0.306 e. The highest BCUT2D eigenvalue weighted by Crippen LogP contribution is 2.28. The molecule has 0 atom stereocenters. The van der Waals surface area contributed by atoms with E-state index in [1.807, 2.05) is 6.92 Å². The van der Waals surface area contributed by atoms with Crippen molar-refractivity contribution in [2.45, 2.75) is 38.7 Å². The van der Waals surface area contributed by atoms with Gasteiger partial charge >= 0.3 is 5.97 Å². The molecule has 1 aliphatic rings. The number of carbonyl (C=O) groups is 3. The fourth-order valence-corrected chi connectivity index (χ4v) is 3.78. The van der Waals surface area contributed by atoms with Crippen molar-refractivity contribution in [3.8, 4) is 5.75 Å². The lowest BCUT2D eigenvalue weighted by Gasteiger charge is -2.26. The van der Waals surface area contributed by atoms with E-state index in [9.17, 15) is 14.4 Å². The second-order valence-electron chi connectivity index (χ2n) is 7.93. The highest BCUT2D eigenvalue weighted by molar-refractivity contribution is 6.31. The summed E-state index contributed by atoms with van der Waals surface area (Å²) in [5, 5.41) is 15.1. The van der Waals surface area contributed by atoms with Gasteiger partial charge in [0.05, 0.1) is 12.0 Å². The Bertz CT molecular complexity index is 969. The first-order valence-electron chi connectivity index (χ1n) is 10.7. The molecular weight excluding hydrogens is 432 g/mol. The molecule has 7 nitrogen and oxygen atoms in total. The Morgan fingerprint density at radius 2 is 1.50 bits per heavy atom. The summed E-state index contributed by atoms with van der Waals surface area (Å²) in [6.45, 7) is 2.44. The molecule has 2 aromatic carbocycles. The van der Waals surface area contributed by atoms with E-state index < -0.39 is 5.97 Å². The van der Waals surface area contributed by atoms with Crippen LogP contribution in [0.4, 0.5) is 0 Å². The zero-order valence-corrected chi connectivity index (χ0v) is 18.7. The third kappa shape index (κ3) is 6.47. The lowest BCUT2D eigenvalue weighted by atomic mass is 9.87. The normalized spacial score (nSPS) is 17.9. The van der Waals surface area contributed by atoms with Crippen LogP contribution in [-0.2, 0) is 4.79 Å². The molecule has 170 valence electrons. The molecule has 1 fully saturated rings. The van der Waals surface area contributed by atoms with Crippen LogP contribution in [0.15, 0.2) is 42.5 Å². The number of hydrogen-bond donors (Lipinski definition) is 3. The molecule has 8 heteroatoms. The van der Waals surface area contributed by atoms with E-state index in [2.05, 4.69) is 10.6 Å². The van der Waals surface area contributed by atoms with E-state index in [4.69, 9.17) is 21.4 Å². The predicted molar refractivity (Wildman–Crippen MR) is 121 cm³/mol. The van der Waals surface area contributed by atoms with Gasteiger partial charge in [-0.2, -0.15) is 0 Å². The third-order valence-corrected chi connectivity index (χ3v) is 5.98. The number of nitrogens with one attached hydrogen (secondary N) is 2. The van der Waals surface area contributed by atoms with Gasteiger partial charge in [0.2, 0.25) is 0 Å². The van der Waals surface area contributed by atoms with E-state index in [0.717, 1.165) is 5.56 Å². The van der Waals surface area contributed by atoms with Crippen LogP contribution < -0.4 is 15.4 Å². The maximum Gasteiger partial charge on any atom is 0.306 e. The summed E-state index contributed by atoms with van der Waals surface area (Å²) in [6, 6.07) is 11.9. The van der Waals surface area contributed by atoms with Gasteiger partial charge in [-0.25, -0.2) is 0 Å². The van der Waals surface area contributed by atoms with Crippen molar-refractivity contribution < 1.29 is 24.2 Å². The Morgan fingerprint density at radius 1 is 0.938 bits per heavy atom. The molecule has 2 aromatic rings. The largest absolute Gasteiger partial charge is 0.490 e.